The Balaban J connectivity index is 2.07. The second-order valence-electron chi connectivity index (χ2n) is 6.53. The van der Waals surface area contributed by atoms with Crippen LogP contribution < -0.4 is 5.32 Å². The molecule has 0 aliphatic carbocycles. The molecule has 0 aromatic heterocycles. The first kappa shape index (κ1) is 17.2. The monoisotopic (exact) mass is 324 g/mol. The van der Waals surface area contributed by atoms with Gasteiger partial charge in [-0.1, -0.05) is 0 Å². The highest BCUT2D eigenvalue weighted by Crippen LogP contribution is 2.22. The molecule has 0 spiro atoms. The third-order valence-electron chi connectivity index (χ3n) is 3.32. The Bertz CT molecular complexity index is 583. The van der Waals surface area contributed by atoms with Crippen LogP contribution in [0.1, 0.15) is 27.2 Å². The third-order valence-corrected chi connectivity index (χ3v) is 3.32. The van der Waals surface area contributed by atoms with Gasteiger partial charge in [0, 0.05) is 12.1 Å². The van der Waals surface area contributed by atoms with Crippen LogP contribution in [0.4, 0.5) is 14.9 Å². The summed E-state index contributed by atoms with van der Waals surface area (Å²) in [5.41, 5.74) is -0.273. The molecule has 2 N–H and O–H groups in total. The van der Waals surface area contributed by atoms with E-state index in [1.54, 1.807) is 20.8 Å². The maximum atomic E-state index is 12.9. The van der Waals surface area contributed by atoms with Gasteiger partial charge in [-0.3, -0.25) is 9.69 Å². The zero-order valence-corrected chi connectivity index (χ0v) is 13.4. The molecule has 1 saturated heterocycles. The molecule has 7 heteroatoms. The summed E-state index contributed by atoms with van der Waals surface area (Å²) in [7, 11) is 0. The maximum Gasteiger partial charge on any atom is 0.411 e. The fourth-order valence-electron chi connectivity index (χ4n) is 2.34. The molecule has 23 heavy (non-hydrogen) atoms. The number of benzene rings is 1. The van der Waals surface area contributed by atoms with E-state index in [1.807, 2.05) is 0 Å². The van der Waals surface area contributed by atoms with Gasteiger partial charge in [-0.05, 0) is 45.0 Å². The summed E-state index contributed by atoms with van der Waals surface area (Å²) < 4.78 is 18.1. The quantitative estimate of drug-likeness (QED) is 0.873. The van der Waals surface area contributed by atoms with E-state index in [1.165, 1.54) is 29.2 Å². The predicted molar refractivity (Wildman–Crippen MR) is 82.4 cm³/mol. The molecule has 2 atom stereocenters. The van der Waals surface area contributed by atoms with E-state index >= 15 is 0 Å². The van der Waals surface area contributed by atoms with Gasteiger partial charge in [-0.25, -0.2) is 9.18 Å². The Labute approximate surface area is 134 Å². The number of amides is 2. The highest BCUT2D eigenvalue weighted by molar-refractivity contribution is 5.97. The van der Waals surface area contributed by atoms with Crippen LogP contribution in [-0.4, -0.2) is 46.3 Å². The van der Waals surface area contributed by atoms with Crippen LogP contribution in [0, 0.1) is 5.82 Å². The standard InChI is InChI=1S/C16H21FN2O4/c1-16(2,3)23-15(22)19-9-12(20)8-13(19)14(21)18-11-6-4-10(17)5-7-11/h4-7,12-13,20H,8-9H2,1-3H3,(H,18,21)/t12-,13-/m1/s1. The first-order chi connectivity index (χ1) is 10.7. The van der Waals surface area contributed by atoms with Crippen LogP contribution in [0.2, 0.25) is 0 Å². The molecule has 1 aliphatic heterocycles. The summed E-state index contributed by atoms with van der Waals surface area (Å²) in [6, 6.07) is 4.48. The Morgan fingerprint density at radius 1 is 1.30 bits per heavy atom. The first-order valence-electron chi connectivity index (χ1n) is 7.40. The summed E-state index contributed by atoms with van der Waals surface area (Å²) in [6.07, 6.45) is -1.30. The van der Waals surface area contributed by atoms with Crippen molar-refractivity contribution in [1.29, 1.82) is 0 Å². The molecule has 1 aromatic rings. The number of carbonyl (C=O) groups is 2. The number of anilines is 1. The zero-order valence-electron chi connectivity index (χ0n) is 13.4. The third kappa shape index (κ3) is 4.66. The Morgan fingerprint density at radius 2 is 1.91 bits per heavy atom. The van der Waals surface area contributed by atoms with Gasteiger partial charge in [0.15, 0.2) is 0 Å². The van der Waals surface area contributed by atoms with Crippen molar-refractivity contribution in [2.24, 2.45) is 0 Å². The van der Waals surface area contributed by atoms with Crippen molar-refractivity contribution in [3.8, 4) is 0 Å². The number of β-amino-alcohol motifs (C(OH)–C–C–N with tert-alkyl or cyclic N) is 1. The number of ether oxygens (including phenoxy) is 1. The lowest BCUT2D eigenvalue weighted by molar-refractivity contribution is -0.120. The van der Waals surface area contributed by atoms with Crippen molar-refractivity contribution in [2.45, 2.75) is 44.9 Å². The van der Waals surface area contributed by atoms with Crippen molar-refractivity contribution >= 4 is 17.7 Å². The van der Waals surface area contributed by atoms with Crippen LogP contribution in [0.5, 0.6) is 0 Å². The summed E-state index contributed by atoms with van der Waals surface area (Å²) in [6.45, 7) is 5.22. The highest BCUT2D eigenvalue weighted by Gasteiger charge is 2.40. The van der Waals surface area contributed by atoms with Crippen LogP contribution in [-0.2, 0) is 9.53 Å². The molecule has 0 bridgehead atoms. The number of carbonyl (C=O) groups excluding carboxylic acids is 2. The molecule has 1 fully saturated rings. The van der Waals surface area contributed by atoms with Gasteiger partial charge in [0.1, 0.15) is 17.5 Å². The lowest BCUT2D eigenvalue weighted by atomic mass is 10.2. The van der Waals surface area contributed by atoms with Gasteiger partial charge < -0.3 is 15.2 Å². The number of aliphatic hydroxyl groups is 1. The second kappa shape index (κ2) is 6.54. The zero-order chi connectivity index (χ0) is 17.2. The fraction of sp³-hybridized carbons (Fsp3) is 0.500. The van der Waals surface area contributed by atoms with Gasteiger partial charge in [0.25, 0.3) is 0 Å². The Hall–Kier alpha value is -2.15. The van der Waals surface area contributed by atoms with Gasteiger partial charge >= 0.3 is 6.09 Å². The average Bonchev–Trinajstić information content (AvgIpc) is 2.82. The van der Waals surface area contributed by atoms with Crippen LogP contribution in [0.15, 0.2) is 24.3 Å². The van der Waals surface area contributed by atoms with Gasteiger partial charge in [0.2, 0.25) is 5.91 Å². The molecule has 2 rings (SSSR count). The van der Waals surface area contributed by atoms with Crippen LogP contribution in [0.25, 0.3) is 0 Å². The minimum atomic E-state index is -0.829. The smallest absolute Gasteiger partial charge is 0.411 e. The minimum Gasteiger partial charge on any atom is -0.444 e. The number of aliphatic hydroxyl groups excluding tert-OH is 1. The van der Waals surface area contributed by atoms with Crippen molar-refractivity contribution in [3.05, 3.63) is 30.1 Å². The molecular weight excluding hydrogens is 303 g/mol. The number of hydrogen-bond donors (Lipinski definition) is 2. The van der Waals surface area contributed by atoms with Crippen molar-refractivity contribution in [2.75, 3.05) is 11.9 Å². The van der Waals surface area contributed by atoms with E-state index in [-0.39, 0.29) is 13.0 Å². The number of halogens is 1. The largest absolute Gasteiger partial charge is 0.444 e. The molecule has 1 aliphatic rings. The molecule has 0 saturated carbocycles. The number of nitrogens with zero attached hydrogens (tertiary/aromatic N) is 1. The molecular formula is C16H21FN2O4. The van der Waals surface area contributed by atoms with Crippen LogP contribution >= 0.6 is 0 Å². The number of likely N-dealkylation sites (tertiary alicyclic amines) is 1. The number of nitrogens with one attached hydrogen (secondary N) is 1. The lowest BCUT2D eigenvalue weighted by Crippen LogP contribution is -2.45. The summed E-state index contributed by atoms with van der Waals surface area (Å²) in [5.74, 6) is -0.853. The van der Waals surface area contributed by atoms with E-state index in [0.717, 1.165) is 0 Å². The minimum absolute atomic E-state index is 0.0381. The van der Waals surface area contributed by atoms with Gasteiger partial charge in [-0.2, -0.15) is 0 Å². The maximum absolute atomic E-state index is 12.9. The number of rotatable bonds is 2. The highest BCUT2D eigenvalue weighted by atomic mass is 19.1. The second-order valence-corrected chi connectivity index (χ2v) is 6.53. The molecule has 2 amide bonds. The SMILES string of the molecule is CC(C)(C)OC(=O)N1C[C@H](O)C[C@@H]1C(=O)Nc1ccc(F)cc1. The van der Waals surface area contributed by atoms with Crippen molar-refractivity contribution in [3.63, 3.8) is 0 Å². The van der Waals surface area contributed by atoms with Gasteiger partial charge in [0.05, 0.1) is 12.6 Å². The van der Waals surface area contributed by atoms with E-state index in [4.69, 9.17) is 4.74 Å². The fourth-order valence-corrected chi connectivity index (χ4v) is 2.34. The van der Waals surface area contributed by atoms with E-state index in [0.29, 0.717) is 5.69 Å². The molecule has 0 radical (unpaired) electrons. The van der Waals surface area contributed by atoms with E-state index < -0.39 is 35.6 Å². The lowest BCUT2D eigenvalue weighted by Gasteiger charge is -2.27. The Kier molecular flexibility index (Phi) is 4.89. The van der Waals surface area contributed by atoms with Crippen LogP contribution in [0.3, 0.4) is 0 Å². The normalized spacial score (nSPS) is 21.2. The average molecular weight is 324 g/mol. The molecule has 126 valence electrons. The molecule has 1 aromatic carbocycles. The van der Waals surface area contributed by atoms with Crippen molar-refractivity contribution < 1.29 is 23.8 Å². The predicted octanol–water partition coefficient (Wildman–Crippen LogP) is 2.13. The molecule has 1 heterocycles. The van der Waals surface area contributed by atoms with Gasteiger partial charge in [-0.15, -0.1) is 0 Å². The topological polar surface area (TPSA) is 78.9 Å². The molecule has 0 unspecified atom stereocenters. The summed E-state index contributed by atoms with van der Waals surface area (Å²) >= 11 is 0. The number of hydrogen-bond acceptors (Lipinski definition) is 4. The van der Waals surface area contributed by atoms with E-state index in [9.17, 15) is 19.1 Å². The van der Waals surface area contributed by atoms with E-state index in [2.05, 4.69) is 5.32 Å². The summed E-state index contributed by atoms with van der Waals surface area (Å²) in [5, 5.41) is 12.4. The molecule has 6 nitrogen and oxygen atoms in total. The Morgan fingerprint density at radius 3 is 2.48 bits per heavy atom. The van der Waals surface area contributed by atoms with Crippen molar-refractivity contribution in [1.82, 2.24) is 4.90 Å². The first-order valence-corrected chi connectivity index (χ1v) is 7.40. The summed E-state index contributed by atoms with van der Waals surface area (Å²) in [4.78, 5) is 25.8.